The fourth-order valence-electron chi connectivity index (χ4n) is 1.36. The quantitative estimate of drug-likeness (QED) is 0.618. The van der Waals surface area contributed by atoms with Gasteiger partial charge >= 0.3 is 0 Å². The van der Waals surface area contributed by atoms with E-state index >= 15 is 0 Å². The lowest BCUT2D eigenvalue weighted by Crippen LogP contribution is -2.28. The van der Waals surface area contributed by atoms with Crippen molar-refractivity contribution < 1.29 is 0 Å². The Morgan fingerprint density at radius 3 is 2.42 bits per heavy atom. The van der Waals surface area contributed by atoms with E-state index in [2.05, 4.69) is 32.3 Å². The Labute approximate surface area is 81.7 Å². The van der Waals surface area contributed by atoms with E-state index in [9.17, 15) is 0 Å². The summed E-state index contributed by atoms with van der Waals surface area (Å²) < 4.78 is 0. The molecular weight excluding hydrogens is 166 g/mol. The summed E-state index contributed by atoms with van der Waals surface area (Å²) in [6.45, 7) is 8.01. The van der Waals surface area contributed by atoms with Crippen LogP contribution < -0.4 is 5.32 Å². The molecule has 1 atom stereocenters. The van der Waals surface area contributed by atoms with Crippen LogP contribution in [0.1, 0.15) is 33.6 Å². The molecule has 0 rings (SSSR count). The smallest absolute Gasteiger partial charge is 0.00411 e. The molecule has 12 heavy (non-hydrogen) atoms. The van der Waals surface area contributed by atoms with Crippen LogP contribution in [-0.2, 0) is 0 Å². The summed E-state index contributed by atoms with van der Waals surface area (Å²) in [4.78, 5) is 0. The Bertz CT molecular complexity index is 93.8. The van der Waals surface area contributed by atoms with Crippen LogP contribution in [0.15, 0.2) is 0 Å². The van der Waals surface area contributed by atoms with Gasteiger partial charge in [0.15, 0.2) is 0 Å². The summed E-state index contributed by atoms with van der Waals surface area (Å²) in [6, 6.07) is 0.687. The molecular formula is C10H23NS. The lowest BCUT2D eigenvalue weighted by Gasteiger charge is -2.15. The molecule has 0 amide bonds. The lowest BCUT2D eigenvalue weighted by molar-refractivity contribution is 0.443. The van der Waals surface area contributed by atoms with Gasteiger partial charge in [0.2, 0.25) is 0 Å². The minimum absolute atomic E-state index is 0.687. The molecule has 0 fully saturated rings. The van der Waals surface area contributed by atoms with Gasteiger partial charge in [0.1, 0.15) is 0 Å². The minimum Gasteiger partial charge on any atom is -0.314 e. The third kappa shape index (κ3) is 8.41. The van der Waals surface area contributed by atoms with Gasteiger partial charge in [-0.2, -0.15) is 11.8 Å². The van der Waals surface area contributed by atoms with Gasteiger partial charge in [0, 0.05) is 6.04 Å². The fourth-order valence-corrected chi connectivity index (χ4v) is 1.79. The molecule has 0 saturated heterocycles. The minimum atomic E-state index is 0.687. The second-order valence-corrected chi connectivity index (χ2v) is 4.82. The molecule has 0 aromatic rings. The van der Waals surface area contributed by atoms with E-state index in [-0.39, 0.29) is 0 Å². The van der Waals surface area contributed by atoms with Gasteiger partial charge in [0.25, 0.3) is 0 Å². The molecule has 0 saturated carbocycles. The largest absolute Gasteiger partial charge is 0.314 e. The molecule has 0 aromatic carbocycles. The number of hydrogen-bond acceptors (Lipinski definition) is 2. The fraction of sp³-hybridized carbons (Fsp3) is 1.00. The number of hydrogen-bond donors (Lipinski definition) is 1. The predicted molar refractivity (Wildman–Crippen MR) is 59.9 cm³/mol. The van der Waals surface area contributed by atoms with Crippen molar-refractivity contribution in [2.24, 2.45) is 5.92 Å². The van der Waals surface area contributed by atoms with E-state index in [0.29, 0.717) is 6.04 Å². The van der Waals surface area contributed by atoms with Crippen molar-refractivity contribution in [2.45, 2.75) is 39.7 Å². The Hall–Kier alpha value is 0.310. The van der Waals surface area contributed by atoms with E-state index in [4.69, 9.17) is 0 Å². The first-order chi connectivity index (χ1) is 5.66. The zero-order valence-electron chi connectivity index (χ0n) is 8.89. The molecule has 0 aromatic heterocycles. The maximum Gasteiger partial charge on any atom is 0.00411 e. The van der Waals surface area contributed by atoms with Crippen molar-refractivity contribution in [3.05, 3.63) is 0 Å². The SMILES string of the molecule is CSCCCNC(C)CC(C)C. The van der Waals surface area contributed by atoms with Crippen molar-refractivity contribution in [3.63, 3.8) is 0 Å². The van der Waals surface area contributed by atoms with Crippen molar-refractivity contribution in [1.29, 1.82) is 0 Å². The second kappa shape index (κ2) is 7.93. The highest BCUT2D eigenvalue weighted by Crippen LogP contribution is 2.03. The lowest BCUT2D eigenvalue weighted by atomic mass is 10.1. The van der Waals surface area contributed by atoms with Crippen LogP contribution in [0, 0.1) is 5.92 Å². The zero-order valence-corrected chi connectivity index (χ0v) is 9.71. The van der Waals surface area contributed by atoms with Gasteiger partial charge < -0.3 is 5.32 Å². The first-order valence-electron chi connectivity index (χ1n) is 4.89. The monoisotopic (exact) mass is 189 g/mol. The molecule has 0 radical (unpaired) electrons. The molecule has 74 valence electrons. The van der Waals surface area contributed by atoms with Crippen molar-refractivity contribution in [3.8, 4) is 0 Å². The van der Waals surface area contributed by atoms with Gasteiger partial charge in [-0.3, -0.25) is 0 Å². The maximum absolute atomic E-state index is 3.54. The van der Waals surface area contributed by atoms with Crippen molar-refractivity contribution in [2.75, 3.05) is 18.6 Å². The molecule has 1 N–H and O–H groups in total. The number of thioether (sulfide) groups is 1. The van der Waals surface area contributed by atoms with Crippen LogP contribution in [0.2, 0.25) is 0 Å². The van der Waals surface area contributed by atoms with Crippen molar-refractivity contribution in [1.82, 2.24) is 5.32 Å². The third-order valence-electron chi connectivity index (χ3n) is 1.84. The summed E-state index contributed by atoms with van der Waals surface area (Å²) in [5, 5.41) is 3.54. The molecule has 0 aliphatic rings. The Kier molecular flexibility index (Phi) is 8.14. The summed E-state index contributed by atoms with van der Waals surface area (Å²) >= 11 is 1.93. The topological polar surface area (TPSA) is 12.0 Å². The maximum atomic E-state index is 3.54. The van der Waals surface area contributed by atoms with E-state index in [0.717, 1.165) is 5.92 Å². The van der Waals surface area contributed by atoms with Crippen LogP contribution in [0.25, 0.3) is 0 Å². The van der Waals surface area contributed by atoms with Crippen LogP contribution in [0.5, 0.6) is 0 Å². The van der Waals surface area contributed by atoms with E-state index in [1.54, 1.807) is 0 Å². The summed E-state index contributed by atoms with van der Waals surface area (Å²) in [7, 11) is 0. The van der Waals surface area contributed by atoms with Crippen LogP contribution >= 0.6 is 11.8 Å². The predicted octanol–water partition coefficient (Wildman–Crippen LogP) is 2.76. The molecule has 0 heterocycles. The van der Waals surface area contributed by atoms with E-state index < -0.39 is 0 Å². The number of rotatable bonds is 7. The molecule has 0 aliphatic heterocycles. The normalized spacial score (nSPS) is 13.8. The first kappa shape index (κ1) is 12.3. The van der Waals surface area contributed by atoms with Gasteiger partial charge in [-0.1, -0.05) is 13.8 Å². The van der Waals surface area contributed by atoms with Gasteiger partial charge in [-0.15, -0.1) is 0 Å². The highest BCUT2D eigenvalue weighted by molar-refractivity contribution is 7.98. The van der Waals surface area contributed by atoms with E-state index in [1.165, 1.54) is 25.1 Å². The molecule has 0 spiro atoms. The average Bonchev–Trinajstić information content (AvgIpc) is 1.97. The van der Waals surface area contributed by atoms with Gasteiger partial charge in [0.05, 0.1) is 0 Å². The standard InChI is InChI=1S/C10H23NS/c1-9(2)8-10(3)11-6-5-7-12-4/h9-11H,5-8H2,1-4H3. The Morgan fingerprint density at radius 1 is 1.25 bits per heavy atom. The van der Waals surface area contributed by atoms with Crippen LogP contribution in [0.4, 0.5) is 0 Å². The zero-order chi connectivity index (χ0) is 9.40. The van der Waals surface area contributed by atoms with Crippen LogP contribution in [-0.4, -0.2) is 24.6 Å². The molecule has 1 unspecified atom stereocenters. The highest BCUT2D eigenvalue weighted by atomic mass is 32.2. The number of nitrogens with one attached hydrogen (secondary N) is 1. The van der Waals surface area contributed by atoms with Crippen molar-refractivity contribution >= 4 is 11.8 Å². The molecule has 0 aliphatic carbocycles. The van der Waals surface area contributed by atoms with Gasteiger partial charge in [-0.25, -0.2) is 0 Å². The molecule has 0 bridgehead atoms. The summed E-state index contributed by atoms with van der Waals surface area (Å²) in [5.41, 5.74) is 0. The van der Waals surface area contributed by atoms with Crippen LogP contribution in [0.3, 0.4) is 0 Å². The molecule has 1 nitrogen and oxygen atoms in total. The molecule has 2 heteroatoms. The Morgan fingerprint density at radius 2 is 1.92 bits per heavy atom. The summed E-state index contributed by atoms with van der Waals surface area (Å²) in [6.07, 6.45) is 4.75. The first-order valence-corrected chi connectivity index (χ1v) is 6.28. The average molecular weight is 189 g/mol. The summed E-state index contributed by atoms with van der Waals surface area (Å²) in [5.74, 6) is 2.09. The highest BCUT2D eigenvalue weighted by Gasteiger charge is 2.02. The van der Waals surface area contributed by atoms with Gasteiger partial charge in [-0.05, 0) is 44.2 Å². The Balaban J connectivity index is 3.14. The third-order valence-corrected chi connectivity index (χ3v) is 2.54. The second-order valence-electron chi connectivity index (χ2n) is 3.83. The van der Waals surface area contributed by atoms with E-state index in [1.807, 2.05) is 11.8 Å².